The van der Waals surface area contributed by atoms with Crippen LogP contribution in [-0.4, -0.2) is 27.6 Å². The molecule has 1 aromatic heterocycles. The van der Waals surface area contributed by atoms with Crippen LogP contribution in [0.3, 0.4) is 0 Å². The van der Waals surface area contributed by atoms with Gasteiger partial charge in [0.25, 0.3) is 0 Å². The zero-order valence-electron chi connectivity index (χ0n) is 13.3. The number of ether oxygens (including phenoxy) is 1. The molecule has 24 heavy (non-hydrogen) atoms. The van der Waals surface area contributed by atoms with Crippen LogP contribution >= 0.6 is 0 Å². The number of methoxy groups -OCH3 is 1. The highest BCUT2D eigenvalue weighted by Gasteiger charge is 2.24. The van der Waals surface area contributed by atoms with E-state index in [1.165, 1.54) is 0 Å². The number of para-hydroxylation sites is 1. The monoisotopic (exact) mass is 344 g/mol. The fraction of sp³-hybridized carbons (Fsp3) is 0.167. The minimum Gasteiger partial charge on any atom is -0.497 e. The van der Waals surface area contributed by atoms with E-state index in [0.717, 1.165) is 6.26 Å². The first-order valence-electron chi connectivity index (χ1n) is 7.26. The van der Waals surface area contributed by atoms with E-state index in [0.29, 0.717) is 27.8 Å². The quantitative estimate of drug-likeness (QED) is 0.665. The van der Waals surface area contributed by atoms with Gasteiger partial charge in [0.15, 0.2) is 15.6 Å². The summed E-state index contributed by atoms with van der Waals surface area (Å²) in [6.45, 7) is 0. The summed E-state index contributed by atoms with van der Waals surface area (Å²) in [6, 6.07) is 13.7. The summed E-state index contributed by atoms with van der Waals surface area (Å²) in [4.78, 5) is 12.9. The first-order valence-corrected chi connectivity index (χ1v) is 9.32. The Balaban J connectivity index is 2.15. The van der Waals surface area contributed by atoms with Gasteiger partial charge in [0.05, 0.1) is 12.7 Å². The van der Waals surface area contributed by atoms with Gasteiger partial charge in [-0.25, -0.2) is 8.42 Å². The Labute approximate surface area is 139 Å². The molecule has 124 valence electrons. The van der Waals surface area contributed by atoms with E-state index in [2.05, 4.69) is 0 Å². The van der Waals surface area contributed by atoms with Crippen LogP contribution < -0.4 is 4.74 Å². The van der Waals surface area contributed by atoms with Crippen molar-refractivity contribution in [3.63, 3.8) is 0 Å². The van der Waals surface area contributed by atoms with E-state index in [4.69, 9.17) is 9.15 Å². The molecule has 0 aliphatic rings. The Bertz CT molecular complexity index is 998. The lowest BCUT2D eigenvalue weighted by molar-refractivity contribution is 0.103. The number of furan rings is 1. The number of sulfone groups is 1. The molecule has 1 heterocycles. The van der Waals surface area contributed by atoms with Crippen LogP contribution in [0.25, 0.3) is 11.0 Å². The van der Waals surface area contributed by atoms with Gasteiger partial charge < -0.3 is 9.15 Å². The number of hydrogen-bond acceptors (Lipinski definition) is 5. The standard InChI is InChI=1S/C18H16O5S/c1-22-13-9-7-12(8-10-13)18(19)17-14-5-3-4-6-15(14)23-16(17)11-24(2,20)21/h3-10H,11H2,1-2H3. The SMILES string of the molecule is COc1ccc(C(=O)c2c(CS(C)(=O)=O)oc3ccccc23)cc1. The molecule has 5 nitrogen and oxygen atoms in total. The zero-order chi connectivity index (χ0) is 17.3. The van der Waals surface area contributed by atoms with Crippen molar-refractivity contribution in [2.45, 2.75) is 5.75 Å². The number of fused-ring (bicyclic) bond motifs is 1. The Hall–Kier alpha value is -2.60. The number of rotatable bonds is 5. The Morgan fingerprint density at radius 3 is 2.38 bits per heavy atom. The molecule has 0 amide bonds. The van der Waals surface area contributed by atoms with Crippen molar-refractivity contribution in [1.29, 1.82) is 0 Å². The van der Waals surface area contributed by atoms with Crippen molar-refractivity contribution in [3.8, 4) is 5.75 Å². The summed E-state index contributed by atoms with van der Waals surface area (Å²) in [5.41, 5.74) is 1.23. The lowest BCUT2D eigenvalue weighted by Gasteiger charge is -2.04. The number of benzene rings is 2. The molecule has 0 aliphatic carbocycles. The minimum atomic E-state index is -3.34. The third-order valence-electron chi connectivity index (χ3n) is 3.64. The number of hydrogen-bond donors (Lipinski definition) is 0. The maximum Gasteiger partial charge on any atom is 0.197 e. The van der Waals surface area contributed by atoms with Gasteiger partial charge in [-0.3, -0.25) is 4.79 Å². The topological polar surface area (TPSA) is 73.6 Å². The zero-order valence-corrected chi connectivity index (χ0v) is 14.1. The molecule has 0 radical (unpaired) electrons. The molecule has 3 rings (SSSR count). The molecule has 0 bridgehead atoms. The predicted octanol–water partition coefficient (Wildman–Crippen LogP) is 3.22. The van der Waals surface area contributed by atoms with E-state index in [1.54, 1.807) is 55.6 Å². The third kappa shape index (κ3) is 3.19. The third-order valence-corrected chi connectivity index (χ3v) is 4.43. The van der Waals surface area contributed by atoms with Crippen molar-refractivity contribution >= 4 is 26.6 Å². The molecule has 0 unspecified atom stereocenters. The van der Waals surface area contributed by atoms with Crippen molar-refractivity contribution in [2.75, 3.05) is 13.4 Å². The van der Waals surface area contributed by atoms with E-state index >= 15 is 0 Å². The van der Waals surface area contributed by atoms with Crippen molar-refractivity contribution in [1.82, 2.24) is 0 Å². The van der Waals surface area contributed by atoms with Crippen LogP contribution in [0.4, 0.5) is 0 Å². The molecule has 0 saturated heterocycles. The van der Waals surface area contributed by atoms with Crippen LogP contribution in [0, 0.1) is 0 Å². The van der Waals surface area contributed by atoms with E-state index < -0.39 is 9.84 Å². The second-order valence-corrected chi connectivity index (χ2v) is 7.66. The van der Waals surface area contributed by atoms with Crippen molar-refractivity contribution in [3.05, 3.63) is 65.4 Å². The molecule has 0 saturated carbocycles. The highest BCUT2D eigenvalue weighted by molar-refractivity contribution is 7.89. The van der Waals surface area contributed by atoms with Crippen LogP contribution in [0.2, 0.25) is 0 Å². The molecular formula is C18H16O5S. The molecular weight excluding hydrogens is 328 g/mol. The van der Waals surface area contributed by atoms with Gasteiger partial charge in [0.2, 0.25) is 0 Å². The number of ketones is 1. The molecule has 0 spiro atoms. The number of carbonyl (C=O) groups excluding carboxylic acids is 1. The minimum absolute atomic E-state index is 0.166. The molecule has 0 fully saturated rings. The normalized spacial score (nSPS) is 11.6. The average Bonchev–Trinajstić information content (AvgIpc) is 2.90. The number of carbonyl (C=O) groups is 1. The fourth-order valence-electron chi connectivity index (χ4n) is 2.57. The van der Waals surface area contributed by atoms with Crippen molar-refractivity contribution < 1.29 is 22.4 Å². The average molecular weight is 344 g/mol. The first-order chi connectivity index (χ1) is 11.4. The van der Waals surface area contributed by atoms with Gasteiger partial charge in [-0.2, -0.15) is 0 Å². The van der Waals surface area contributed by atoms with Gasteiger partial charge in [-0.05, 0) is 30.3 Å². The highest BCUT2D eigenvalue weighted by atomic mass is 32.2. The lowest BCUT2D eigenvalue weighted by Crippen LogP contribution is -2.07. The van der Waals surface area contributed by atoms with Crippen LogP contribution in [0.5, 0.6) is 5.75 Å². The summed E-state index contributed by atoms with van der Waals surface area (Å²) in [5.74, 6) is 0.208. The molecule has 0 N–H and O–H groups in total. The molecule has 2 aromatic carbocycles. The van der Waals surface area contributed by atoms with Crippen LogP contribution in [-0.2, 0) is 15.6 Å². The van der Waals surface area contributed by atoms with Crippen LogP contribution in [0.15, 0.2) is 52.9 Å². The molecule has 0 aliphatic heterocycles. The Kier molecular flexibility index (Phi) is 4.15. The second kappa shape index (κ2) is 6.13. The van der Waals surface area contributed by atoms with Gasteiger partial charge in [-0.1, -0.05) is 18.2 Å². The van der Waals surface area contributed by atoms with E-state index in [-0.39, 0.29) is 17.3 Å². The molecule has 0 atom stereocenters. The summed E-state index contributed by atoms with van der Waals surface area (Å²) >= 11 is 0. The highest BCUT2D eigenvalue weighted by Crippen LogP contribution is 2.29. The van der Waals surface area contributed by atoms with Crippen molar-refractivity contribution in [2.24, 2.45) is 0 Å². The maximum atomic E-state index is 12.9. The Morgan fingerprint density at radius 1 is 1.08 bits per heavy atom. The summed E-state index contributed by atoms with van der Waals surface area (Å²) in [7, 11) is -1.79. The lowest BCUT2D eigenvalue weighted by atomic mass is 10.0. The van der Waals surface area contributed by atoms with Gasteiger partial charge in [0, 0.05) is 17.2 Å². The maximum absolute atomic E-state index is 12.9. The first kappa shape index (κ1) is 16.3. The second-order valence-electron chi connectivity index (χ2n) is 5.52. The van der Waals surface area contributed by atoms with E-state index in [9.17, 15) is 13.2 Å². The van der Waals surface area contributed by atoms with Gasteiger partial charge >= 0.3 is 0 Å². The van der Waals surface area contributed by atoms with Crippen LogP contribution in [0.1, 0.15) is 21.7 Å². The van der Waals surface area contributed by atoms with Gasteiger partial charge in [0.1, 0.15) is 22.8 Å². The Morgan fingerprint density at radius 2 is 1.75 bits per heavy atom. The predicted molar refractivity (Wildman–Crippen MR) is 91.2 cm³/mol. The van der Waals surface area contributed by atoms with E-state index in [1.807, 2.05) is 0 Å². The largest absolute Gasteiger partial charge is 0.497 e. The fourth-order valence-corrected chi connectivity index (χ4v) is 3.25. The molecule has 6 heteroatoms. The van der Waals surface area contributed by atoms with Gasteiger partial charge in [-0.15, -0.1) is 0 Å². The summed E-state index contributed by atoms with van der Waals surface area (Å²) < 4.78 is 34.1. The summed E-state index contributed by atoms with van der Waals surface area (Å²) in [6.07, 6.45) is 1.11. The molecule has 3 aromatic rings. The summed E-state index contributed by atoms with van der Waals surface area (Å²) in [5, 5.41) is 0.608. The smallest absolute Gasteiger partial charge is 0.197 e.